The van der Waals surface area contributed by atoms with Crippen LogP contribution in [0.25, 0.3) is 39.1 Å². The van der Waals surface area contributed by atoms with Crippen LogP contribution >= 0.6 is 0 Å². The molecule has 42 heavy (non-hydrogen) atoms. The van der Waals surface area contributed by atoms with Crippen LogP contribution in [-0.4, -0.2) is 9.52 Å². The summed E-state index contributed by atoms with van der Waals surface area (Å²) in [6.45, 7) is 8.67. The molecule has 0 heterocycles. The molecule has 0 aromatic heterocycles. The minimum Gasteiger partial charge on any atom is -0.358 e. The number of hydrogen-bond donors (Lipinski definition) is 0. The molecule has 0 saturated carbocycles. The average Bonchev–Trinajstić information content (AvgIpc) is 3.56. The van der Waals surface area contributed by atoms with Gasteiger partial charge < -0.3 is 21.8 Å². The first kappa shape index (κ1) is 33.8. The van der Waals surface area contributed by atoms with Gasteiger partial charge in [0.05, 0.1) is 9.52 Å². The maximum Gasteiger partial charge on any atom is 4.00 e. The van der Waals surface area contributed by atoms with E-state index in [0.717, 1.165) is 25.7 Å². The molecule has 2 radical (unpaired) electrons. The summed E-state index contributed by atoms with van der Waals surface area (Å²) in [6.07, 6.45) is 7.94. The van der Waals surface area contributed by atoms with Crippen molar-refractivity contribution in [1.82, 2.24) is 0 Å². The van der Waals surface area contributed by atoms with Crippen LogP contribution in [0.4, 0.5) is 0 Å². The Hall–Kier alpha value is -2.68. The Balaban J connectivity index is 0.00000161. The van der Waals surface area contributed by atoms with Gasteiger partial charge in [-0.25, -0.2) is 0 Å². The normalized spacial score (nSPS) is 13.5. The Morgan fingerprint density at radius 1 is 0.738 bits per heavy atom. The first-order valence-electron chi connectivity index (χ1n) is 14.5. The molecule has 0 saturated heterocycles. The van der Waals surface area contributed by atoms with E-state index in [2.05, 4.69) is 124 Å². The third kappa shape index (κ3) is 6.46. The van der Waals surface area contributed by atoms with Gasteiger partial charge in [-0.05, 0) is 58.2 Å². The Kier molecular flexibility index (Phi) is 12.2. The first-order valence-corrected chi connectivity index (χ1v) is 15.5. The summed E-state index contributed by atoms with van der Waals surface area (Å²) in [4.78, 5) is 0. The quantitative estimate of drug-likeness (QED) is 0.105. The fourth-order valence-corrected chi connectivity index (χ4v) is 7.85. The summed E-state index contributed by atoms with van der Waals surface area (Å²) >= 11 is 0. The summed E-state index contributed by atoms with van der Waals surface area (Å²) in [5.74, 6) is 0.479. The number of unbranched alkanes of at least 4 members (excludes halogenated alkanes) is 1. The summed E-state index contributed by atoms with van der Waals surface area (Å²) < 4.78 is 0. The summed E-state index contributed by atoms with van der Waals surface area (Å²) in [5, 5.41) is 5.75. The number of aryl methyl sites for hydroxylation is 2. The van der Waals surface area contributed by atoms with Gasteiger partial charge >= 0.3 is 25.8 Å². The van der Waals surface area contributed by atoms with Gasteiger partial charge in [0.1, 0.15) is 0 Å². The molecule has 6 rings (SSSR count). The molecule has 0 nitrogen and oxygen atoms in total. The van der Waals surface area contributed by atoms with E-state index in [1.54, 1.807) is 5.20 Å². The standard InChI is InChI=1S/C38H36Si.2CH3.Hf/c1-4-7-17-35-34-22-13-21-33(31-19-11-9-15-27(31)6-3)37(34)25-38(35)39-29-23-28-16-12-20-32(36(28)24-29)30-18-10-8-14-26(30)5-2;;;/h8-16,18-25,35H,1,4-7,17H2,2-3H3;2*1H3;/q-2;2*-1;+4. The first-order chi connectivity index (χ1) is 19.2. The molecule has 0 N–H and O–H groups in total. The third-order valence-corrected chi connectivity index (χ3v) is 9.71. The van der Waals surface area contributed by atoms with Gasteiger partial charge in [-0.3, -0.25) is 0 Å². The molecule has 5 aromatic rings. The maximum absolute atomic E-state index is 4.16. The molecule has 5 aromatic carbocycles. The largest absolute Gasteiger partial charge is 4.00 e. The predicted molar refractivity (Wildman–Crippen MR) is 184 cm³/mol. The van der Waals surface area contributed by atoms with Crippen molar-refractivity contribution in [2.24, 2.45) is 0 Å². The Bertz CT molecular complexity index is 1650. The zero-order valence-electron chi connectivity index (χ0n) is 25.6. The van der Waals surface area contributed by atoms with Gasteiger partial charge in [0.25, 0.3) is 0 Å². The van der Waals surface area contributed by atoms with Crippen LogP contribution in [0.5, 0.6) is 0 Å². The van der Waals surface area contributed by atoms with E-state index in [9.17, 15) is 0 Å². The van der Waals surface area contributed by atoms with Crippen molar-refractivity contribution < 1.29 is 25.8 Å². The molecule has 0 fully saturated rings. The fourth-order valence-electron chi connectivity index (χ4n) is 6.38. The van der Waals surface area contributed by atoms with Crippen molar-refractivity contribution >= 4 is 31.6 Å². The van der Waals surface area contributed by atoms with Crippen LogP contribution in [0.15, 0.2) is 102 Å². The number of fused-ring (bicyclic) bond motifs is 2. The van der Waals surface area contributed by atoms with Crippen molar-refractivity contribution in [3.63, 3.8) is 0 Å². The Morgan fingerprint density at radius 3 is 2.00 bits per heavy atom. The molecular formula is C40H42HfSi. The number of rotatable bonds is 9. The second-order valence-electron chi connectivity index (χ2n) is 10.7. The number of allylic oxidation sites excluding steroid dienone is 1. The van der Waals surface area contributed by atoms with Gasteiger partial charge in [-0.15, -0.1) is 34.2 Å². The van der Waals surface area contributed by atoms with Crippen molar-refractivity contribution in [3.05, 3.63) is 146 Å². The molecule has 0 amide bonds. The van der Waals surface area contributed by atoms with Crippen LogP contribution in [0, 0.1) is 21.8 Å². The molecule has 0 aliphatic heterocycles. The van der Waals surface area contributed by atoms with E-state index in [1.165, 1.54) is 66.9 Å². The van der Waals surface area contributed by atoms with Crippen molar-refractivity contribution in [2.45, 2.75) is 51.9 Å². The van der Waals surface area contributed by atoms with Gasteiger partial charge in [0.2, 0.25) is 0 Å². The van der Waals surface area contributed by atoms with E-state index in [0.29, 0.717) is 15.4 Å². The number of benzene rings is 4. The molecule has 0 spiro atoms. The van der Waals surface area contributed by atoms with E-state index in [-0.39, 0.29) is 40.7 Å². The molecule has 2 heteroatoms. The number of hydrogen-bond acceptors (Lipinski definition) is 0. The second kappa shape index (κ2) is 15.2. The molecule has 0 bridgehead atoms. The monoisotopic (exact) mass is 730 g/mol. The van der Waals surface area contributed by atoms with Crippen LogP contribution < -0.4 is 5.19 Å². The van der Waals surface area contributed by atoms with Crippen molar-refractivity contribution in [1.29, 1.82) is 0 Å². The van der Waals surface area contributed by atoms with E-state index in [4.69, 9.17) is 0 Å². The smallest absolute Gasteiger partial charge is 0.358 e. The zero-order valence-corrected chi connectivity index (χ0v) is 30.2. The molecule has 1 unspecified atom stereocenters. The topological polar surface area (TPSA) is 0 Å². The van der Waals surface area contributed by atoms with E-state index in [1.807, 2.05) is 0 Å². The summed E-state index contributed by atoms with van der Waals surface area (Å²) in [5.41, 5.74) is 11.3. The Labute approximate surface area is 276 Å². The van der Waals surface area contributed by atoms with Crippen LogP contribution in [0.1, 0.15) is 61.3 Å². The van der Waals surface area contributed by atoms with E-state index >= 15 is 0 Å². The molecule has 1 aliphatic rings. The third-order valence-electron chi connectivity index (χ3n) is 8.35. The van der Waals surface area contributed by atoms with E-state index < -0.39 is 0 Å². The molecule has 1 aliphatic carbocycles. The maximum atomic E-state index is 4.16. The van der Waals surface area contributed by atoms with Gasteiger partial charge in [-0.1, -0.05) is 110 Å². The van der Waals surface area contributed by atoms with Crippen LogP contribution in [0.3, 0.4) is 0 Å². The minimum atomic E-state index is 0. The van der Waals surface area contributed by atoms with Crippen LogP contribution in [0.2, 0.25) is 0 Å². The molecule has 210 valence electrons. The summed E-state index contributed by atoms with van der Waals surface area (Å²) in [6, 6.07) is 36.4. The molecular weight excluding hydrogens is 687 g/mol. The predicted octanol–water partition coefficient (Wildman–Crippen LogP) is 10.4. The van der Waals surface area contributed by atoms with Gasteiger partial charge in [0, 0.05) is 5.92 Å². The SMILES string of the molecule is [CH2-]CCCC1C([Si]c2cc3c(-c4ccccc4CC)cccc3[cH-]2)=Cc2c(-c3ccccc3CC)cccc21.[CH3-].[CH3-].[Hf+4]. The minimum absolute atomic E-state index is 0. The van der Waals surface area contributed by atoms with Gasteiger partial charge in [-0.2, -0.15) is 12.5 Å². The second-order valence-corrected chi connectivity index (χ2v) is 12.1. The average molecular weight is 729 g/mol. The van der Waals surface area contributed by atoms with Gasteiger partial charge in [0.15, 0.2) is 0 Å². The summed E-state index contributed by atoms with van der Waals surface area (Å²) in [7, 11) is 0.673. The molecule has 1 atom stereocenters. The van der Waals surface area contributed by atoms with Crippen molar-refractivity contribution in [2.75, 3.05) is 0 Å². The van der Waals surface area contributed by atoms with Crippen molar-refractivity contribution in [3.8, 4) is 22.3 Å². The Morgan fingerprint density at radius 2 is 1.33 bits per heavy atom. The fraction of sp³-hybridized carbons (Fsp3) is 0.200. The zero-order chi connectivity index (χ0) is 26.8. The van der Waals surface area contributed by atoms with Crippen LogP contribution in [-0.2, 0) is 38.7 Å².